The van der Waals surface area contributed by atoms with E-state index in [4.69, 9.17) is 0 Å². The zero-order valence-electron chi connectivity index (χ0n) is 72.1. The van der Waals surface area contributed by atoms with Gasteiger partial charge in [-0.05, 0) is 152 Å². The van der Waals surface area contributed by atoms with Crippen LogP contribution in [0.4, 0.5) is 0 Å². The minimum atomic E-state index is -0.819. The molecule has 0 saturated carbocycles. The van der Waals surface area contributed by atoms with Gasteiger partial charge in [-0.1, -0.05) is 258 Å². The number of hydrogen-bond acceptors (Lipinski definition) is 26. The fourth-order valence-electron chi connectivity index (χ4n) is 7.32. The molecule has 0 aliphatic rings. The van der Waals surface area contributed by atoms with Crippen molar-refractivity contribution in [2.24, 2.45) is 27.1 Å². The second-order valence-electron chi connectivity index (χ2n) is 33.0. The normalized spacial score (nSPS) is 10.5. The summed E-state index contributed by atoms with van der Waals surface area (Å²) in [4.78, 5) is 116. The molecule has 4 rings (SSSR count). The second kappa shape index (κ2) is 67.3. The minimum Gasteiger partial charge on any atom is -0.314 e. The topological polar surface area (TPSA) is 445 Å². The Balaban J connectivity index is -0.000000175. The molecule has 0 saturated heterocycles. The Morgan fingerprint density at radius 3 is 0.829 bits per heavy atom. The van der Waals surface area contributed by atoms with Crippen molar-refractivity contribution in [3.05, 3.63) is 213 Å². The van der Waals surface area contributed by atoms with Gasteiger partial charge < -0.3 is 38.7 Å². The van der Waals surface area contributed by atoms with Crippen molar-refractivity contribution in [2.45, 2.75) is 281 Å². The average Bonchev–Trinajstić information content (AvgIpc) is 0.893. The number of nitrogens with zero attached hydrogens (tertiary/aromatic N) is 10. The maximum atomic E-state index is 9.77. The monoisotopic (exact) mass is 1590 g/mol. The summed E-state index contributed by atoms with van der Waals surface area (Å²) in [6.45, 7) is 59.5. The molecule has 0 atom stereocenters. The van der Waals surface area contributed by atoms with Crippen LogP contribution in [0.15, 0.2) is 110 Å². The van der Waals surface area contributed by atoms with Gasteiger partial charge in [0.1, 0.15) is 0 Å². The van der Waals surface area contributed by atoms with Crippen LogP contribution in [0.2, 0.25) is 0 Å². The summed E-state index contributed by atoms with van der Waals surface area (Å²) in [7, 11) is 0. The lowest BCUT2D eigenvalue weighted by Gasteiger charge is -2.18. The van der Waals surface area contributed by atoms with Crippen LogP contribution in [-0.2, 0) is 61.4 Å². The SMILES string of the molecule is CC(C)(C)CCCCCO[N+](=O)[O-].CC(C)(C)CCCCO[N+](=O)[O-].CC(C)(C)CCCO[N+](=O)[O-].CC(C)(C)CCO[N+](=O)[O-].CC(C)(C)Cc1ccccc1.CC(C)(C)c1ccccc1.CC(C)(C)c1ccccn1.CC(C)(C)c1cccnc1.CCO[N+](=O)[O-].CCO[N+](=O)[O-].CCO[N+](=O)[O-].CCO[N+](=O)[O-]. The molecule has 0 fully saturated rings. The smallest absolute Gasteiger partial charge is 0.294 e. The van der Waals surface area contributed by atoms with Crippen LogP contribution >= 0.6 is 0 Å². The third kappa shape index (κ3) is 116. The van der Waals surface area contributed by atoms with Gasteiger partial charge in [-0.3, -0.25) is 9.97 Å². The molecule has 111 heavy (non-hydrogen) atoms. The van der Waals surface area contributed by atoms with Gasteiger partial charge in [-0.2, -0.15) is 0 Å². The highest BCUT2D eigenvalue weighted by Gasteiger charge is 2.16. The molecule has 34 heteroatoms. The molecule has 0 amide bonds. The quantitative estimate of drug-likeness (QED) is 0.0304. The fourth-order valence-corrected chi connectivity index (χ4v) is 7.32. The van der Waals surface area contributed by atoms with E-state index >= 15 is 0 Å². The summed E-state index contributed by atoms with van der Waals surface area (Å²) in [6.07, 6.45) is 16.0. The van der Waals surface area contributed by atoms with Crippen molar-refractivity contribution in [3.63, 3.8) is 0 Å². The molecule has 0 aliphatic heterocycles. The molecule has 0 radical (unpaired) electrons. The lowest BCUT2D eigenvalue weighted by atomic mass is 9.87. The third-order valence-electron chi connectivity index (χ3n) is 12.7. The van der Waals surface area contributed by atoms with Gasteiger partial charge in [0.05, 0.1) is 52.9 Å². The third-order valence-corrected chi connectivity index (χ3v) is 12.7. The number of hydrogen-bond donors (Lipinski definition) is 0. The fraction of sp³-hybridized carbons (Fsp3) is 0.714. The highest BCUT2D eigenvalue weighted by Crippen LogP contribution is 2.25. The molecule has 0 bridgehead atoms. The number of benzene rings is 2. The van der Waals surface area contributed by atoms with Gasteiger partial charge in [0.15, 0.2) is 0 Å². The van der Waals surface area contributed by atoms with Crippen molar-refractivity contribution in [1.82, 2.24) is 9.97 Å². The summed E-state index contributed by atoms with van der Waals surface area (Å²) < 4.78 is 0. The Labute approximate surface area is 660 Å². The first-order valence-electron chi connectivity index (χ1n) is 36.7. The zero-order chi connectivity index (χ0) is 88.2. The molecule has 0 unspecified atom stereocenters. The van der Waals surface area contributed by atoms with Crippen LogP contribution in [0.1, 0.15) is 280 Å². The Hall–Kier alpha value is -9.66. The minimum absolute atomic E-state index is 0.107. The van der Waals surface area contributed by atoms with Gasteiger partial charge in [0.2, 0.25) is 0 Å². The van der Waals surface area contributed by atoms with Crippen molar-refractivity contribution in [1.29, 1.82) is 0 Å². The molecule has 0 N–H and O–H groups in total. The molecule has 4 aromatic rings. The molecule has 2 aromatic carbocycles. The lowest BCUT2D eigenvalue weighted by Crippen LogP contribution is -2.12. The standard InChI is InChI=1S/C11H16.C10H14.C9H19NO3.2C9H13N.C8H17NO3.C7H15NO3.C6H13NO3.4C2H5NO3/c1-11(2,3)9-10-7-5-4-6-8-10;1-10(2,3)9-7-5-4-6-8-9;1-9(2,3)7-5-4-6-8-13-10(11)12;1-9(2,3)8-5-4-6-10-7-8;1-9(2,3)8-6-4-5-7-10-8;1-8(2,3)6-4-5-7-12-9(10)11;1-7(2,3)5-4-6-11-8(9)10;1-6(2,3)4-5-10-7(8)9;4*1-2-6-3(4)5/h4-8H,9H2,1-3H3;4-8H,1-3H3;4-8H2,1-3H3;2*4-7H,1-3H3;4-7H2,1-3H3;4-6H2,1-3H3;4-5H2,1-3H3;4*2H2,1H3. The first-order chi connectivity index (χ1) is 50.6. The number of aromatic nitrogens is 2. The van der Waals surface area contributed by atoms with E-state index in [1.165, 1.54) is 16.7 Å². The zero-order valence-corrected chi connectivity index (χ0v) is 72.1. The number of pyridine rings is 2. The predicted molar refractivity (Wildman–Crippen MR) is 431 cm³/mol. The van der Waals surface area contributed by atoms with Gasteiger partial charge in [-0.25, -0.2) is 0 Å². The summed E-state index contributed by atoms with van der Waals surface area (Å²) >= 11 is 0. The van der Waals surface area contributed by atoms with Gasteiger partial charge >= 0.3 is 0 Å². The molecule has 642 valence electrons. The number of rotatable bonds is 27. The Bertz CT molecular complexity index is 2750. The largest absolute Gasteiger partial charge is 0.314 e. The average molecular weight is 1590 g/mol. The maximum Gasteiger partial charge on any atom is 0.294 e. The number of unbranched alkanes of at least 4 members (excludes halogenated alkanes) is 3. The first kappa shape index (κ1) is 117. The van der Waals surface area contributed by atoms with Crippen LogP contribution in [0.25, 0.3) is 0 Å². The molecule has 2 heterocycles. The van der Waals surface area contributed by atoms with E-state index < -0.39 is 40.7 Å². The van der Waals surface area contributed by atoms with E-state index in [2.05, 4.69) is 267 Å². The lowest BCUT2D eigenvalue weighted by molar-refractivity contribution is -0.758. The highest BCUT2D eigenvalue weighted by molar-refractivity contribution is 5.22. The Morgan fingerprint density at radius 1 is 0.288 bits per heavy atom. The van der Waals surface area contributed by atoms with Gasteiger partial charge in [0.25, 0.3) is 40.7 Å². The summed E-state index contributed by atoms with van der Waals surface area (Å²) in [5.74, 6) is 0. The maximum absolute atomic E-state index is 9.77. The molecule has 2 aromatic heterocycles. The van der Waals surface area contributed by atoms with Crippen molar-refractivity contribution in [3.8, 4) is 0 Å². The van der Waals surface area contributed by atoms with E-state index in [1.54, 1.807) is 33.9 Å². The van der Waals surface area contributed by atoms with Crippen LogP contribution in [0.3, 0.4) is 0 Å². The van der Waals surface area contributed by atoms with Crippen molar-refractivity contribution >= 4 is 0 Å². The van der Waals surface area contributed by atoms with Crippen LogP contribution in [-0.4, -0.2) is 104 Å². The molecule has 34 nitrogen and oxygen atoms in total. The van der Waals surface area contributed by atoms with Gasteiger partial charge in [-0.15, -0.1) is 80.9 Å². The van der Waals surface area contributed by atoms with Crippen LogP contribution < -0.4 is 0 Å². The van der Waals surface area contributed by atoms with E-state index in [0.29, 0.717) is 28.1 Å². The van der Waals surface area contributed by atoms with Crippen molar-refractivity contribution in [2.75, 3.05) is 52.9 Å². The Morgan fingerprint density at radius 2 is 0.586 bits per heavy atom. The van der Waals surface area contributed by atoms with E-state index in [9.17, 15) is 80.9 Å². The first-order valence-corrected chi connectivity index (χ1v) is 36.7. The summed E-state index contributed by atoms with van der Waals surface area (Å²) in [6, 6.07) is 31.3. The molecule has 0 aliphatic carbocycles. The van der Waals surface area contributed by atoms with Gasteiger partial charge in [0, 0.05) is 29.7 Å². The molecule has 0 spiro atoms. The van der Waals surface area contributed by atoms with E-state index in [0.717, 1.165) is 69.9 Å². The van der Waals surface area contributed by atoms with E-state index in [-0.39, 0.29) is 74.5 Å². The molecular formula is C77H140N10O24. The van der Waals surface area contributed by atoms with Crippen LogP contribution in [0.5, 0.6) is 0 Å². The summed E-state index contributed by atoms with van der Waals surface area (Å²) in [5, 5.41) is 69.4. The van der Waals surface area contributed by atoms with E-state index in [1.807, 2.05) is 51.4 Å². The second-order valence-corrected chi connectivity index (χ2v) is 33.0. The van der Waals surface area contributed by atoms with Crippen molar-refractivity contribution < 1.29 is 79.4 Å². The highest BCUT2D eigenvalue weighted by atomic mass is 17.0. The predicted octanol–water partition coefficient (Wildman–Crippen LogP) is 20.7. The summed E-state index contributed by atoms with van der Waals surface area (Å²) in [5.41, 5.74) is 7.40. The Kier molecular flexibility index (Phi) is 71.0. The molecular weight excluding hydrogens is 1450 g/mol. The van der Waals surface area contributed by atoms with Crippen LogP contribution in [0, 0.1) is 108 Å².